The highest BCUT2D eigenvalue weighted by Crippen LogP contribution is 2.34. The van der Waals surface area contributed by atoms with Crippen molar-refractivity contribution >= 4 is 46.2 Å². The number of carbonyl (C=O) groups is 2. The number of thiocarbonyl (C=S) groups is 1. The van der Waals surface area contributed by atoms with Gasteiger partial charge in [0.15, 0.2) is 15.8 Å². The molecule has 3 rings (SSSR count). The van der Waals surface area contributed by atoms with Gasteiger partial charge in [-0.3, -0.25) is 15.0 Å². The molecule has 1 aliphatic rings. The van der Waals surface area contributed by atoms with Gasteiger partial charge in [0.1, 0.15) is 5.75 Å². The van der Waals surface area contributed by atoms with Crippen molar-refractivity contribution in [2.24, 2.45) is 0 Å². The molecule has 2 aromatic carbocycles. The van der Waals surface area contributed by atoms with E-state index < -0.39 is 11.8 Å². The zero-order valence-electron chi connectivity index (χ0n) is 18.2. The molecular weight excluding hydrogens is 448 g/mol. The summed E-state index contributed by atoms with van der Waals surface area (Å²) in [4.78, 5) is 25.8. The molecule has 32 heavy (non-hydrogen) atoms. The SMILES string of the molecule is CCC(C)Oc1ccc(/C=C2/SC(=S)N(NC(=O)c3ccc(OC)cc3)C2=O)cc1OC. The molecule has 1 heterocycles. The Hall–Kier alpha value is -3.04. The average molecular weight is 473 g/mol. The lowest BCUT2D eigenvalue weighted by Gasteiger charge is -2.16. The van der Waals surface area contributed by atoms with Gasteiger partial charge in [0.2, 0.25) is 0 Å². The predicted molar refractivity (Wildman–Crippen MR) is 129 cm³/mol. The summed E-state index contributed by atoms with van der Waals surface area (Å²) in [6.07, 6.45) is 2.63. The van der Waals surface area contributed by atoms with E-state index in [0.717, 1.165) is 28.8 Å². The number of nitrogens with one attached hydrogen (secondary N) is 1. The predicted octanol–water partition coefficient (Wildman–Crippen LogP) is 4.43. The maximum atomic E-state index is 12.9. The number of benzene rings is 2. The molecule has 0 aromatic heterocycles. The van der Waals surface area contributed by atoms with Crippen LogP contribution in [0.25, 0.3) is 6.08 Å². The molecular formula is C23H24N2O5S2. The number of hydrogen-bond acceptors (Lipinski definition) is 7. The molecule has 9 heteroatoms. The topological polar surface area (TPSA) is 77.1 Å². The monoisotopic (exact) mass is 472 g/mol. The Balaban J connectivity index is 1.75. The number of carbonyl (C=O) groups excluding carboxylic acids is 2. The number of hydrazine groups is 1. The van der Waals surface area contributed by atoms with Crippen molar-refractivity contribution in [2.45, 2.75) is 26.4 Å². The Morgan fingerprint density at radius 2 is 1.88 bits per heavy atom. The van der Waals surface area contributed by atoms with E-state index in [4.69, 9.17) is 26.4 Å². The molecule has 2 aromatic rings. The van der Waals surface area contributed by atoms with E-state index in [0.29, 0.717) is 27.7 Å². The fourth-order valence-electron chi connectivity index (χ4n) is 2.80. The highest BCUT2D eigenvalue weighted by atomic mass is 32.2. The average Bonchev–Trinajstić information content (AvgIpc) is 3.07. The fourth-order valence-corrected chi connectivity index (χ4v) is 3.97. The van der Waals surface area contributed by atoms with Crippen LogP contribution in [0.5, 0.6) is 17.2 Å². The summed E-state index contributed by atoms with van der Waals surface area (Å²) in [6, 6.07) is 12.0. The molecule has 1 unspecified atom stereocenters. The van der Waals surface area contributed by atoms with Crippen molar-refractivity contribution < 1.29 is 23.8 Å². The number of hydrogen-bond donors (Lipinski definition) is 1. The van der Waals surface area contributed by atoms with Gasteiger partial charge in [0, 0.05) is 5.56 Å². The summed E-state index contributed by atoms with van der Waals surface area (Å²) in [5, 5.41) is 1.08. The van der Waals surface area contributed by atoms with Gasteiger partial charge in [0.25, 0.3) is 11.8 Å². The van der Waals surface area contributed by atoms with Crippen LogP contribution in [0.15, 0.2) is 47.4 Å². The maximum Gasteiger partial charge on any atom is 0.285 e. The van der Waals surface area contributed by atoms with Crippen molar-refractivity contribution in [3.63, 3.8) is 0 Å². The molecule has 0 radical (unpaired) electrons. The number of methoxy groups -OCH3 is 2. The molecule has 2 amide bonds. The van der Waals surface area contributed by atoms with Crippen molar-refractivity contribution in [1.82, 2.24) is 10.4 Å². The zero-order valence-corrected chi connectivity index (χ0v) is 19.8. The van der Waals surface area contributed by atoms with Gasteiger partial charge < -0.3 is 14.2 Å². The van der Waals surface area contributed by atoms with Crippen molar-refractivity contribution in [3.8, 4) is 17.2 Å². The van der Waals surface area contributed by atoms with E-state index in [1.807, 2.05) is 26.0 Å². The first-order chi connectivity index (χ1) is 15.4. The van der Waals surface area contributed by atoms with Crippen LogP contribution in [-0.4, -0.2) is 41.5 Å². The van der Waals surface area contributed by atoms with Crippen LogP contribution < -0.4 is 19.6 Å². The summed E-state index contributed by atoms with van der Waals surface area (Å²) in [6.45, 7) is 4.03. The van der Waals surface area contributed by atoms with E-state index in [9.17, 15) is 9.59 Å². The second-order valence-electron chi connectivity index (χ2n) is 6.93. The molecule has 1 N–H and O–H groups in total. The summed E-state index contributed by atoms with van der Waals surface area (Å²) in [5.41, 5.74) is 3.69. The van der Waals surface area contributed by atoms with Gasteiger partial charge in [-0.1, -0.05) is 24.8 Å². The molecule has 0 saturated carbocycles. The molecule has 0 aliphatic carbocycles. The van der Waals surface area contributed by atoms with Crippen LogP contribution in [-0.2, 0) is 4.79 Å². The standard InChI is InChI=1S/C23H24N2O5S2/c1-5-14(2)30-18-11-6-15(12-19(18)29-4)13-20-22(27)25(23(31)32-20)24-21(26)16-7-9-17(28-3)10-8-16/h6-14H,5H2,1-4H3,(H,24,26)/b20-13+. The third-order valence-corrected chi connectivity index (χ3v) is 6.05. The Kier molecular flexibility index (Phi) is 7.76. The summed E-state index contributed by atoms with van der Waals surface area (Å²) < 4.78 is 16.6. The second-order valence-corrected chi connectivity index (χ2v) is 8.61. The van der Waals surface area contributed by atoms with Crippen LogP contribution >= 0.6 is 24.0 Å². The lowest BCUT2D eigenvalue weighted by Crippen LogP contribution is -2.44. The number of rotatable bonds is 8. The van der Waals surface area contributed by atoms with Crippen LogP contribution in [0.1, 0.15) is 36.2 Å². The van der Waals surface area contributed by atoms with Crippen LogP contribution in [0.3, 0.4) is 0 Å². The first-order valence-corrected chi connectivity index (χ1v) is 11.2. The Morgan fingerprint density at radius 1 is 1.16 bits per heavy atom. The summed E-state index contributed by atoms with van der Waals surface area (Å²) >= 11 is 6.41. The maximum absolute atomic E-state index is 12.9. The van der Waals surface area contributed by atoms with Gasteiger partial charge in [-0.15, -0.1) is 0 Å². The summed E-state index contributed by atoms with van der Waals surface area (Å²) in [7, 11) is 3.11. The molecule has 7 nitrogen and oxygen atoms in total. The van der Waals surface area contributed by atoms with E-state index in [2.05, 4.69) is 5.43 Å². The first kappa shape index (κ1) is 23.6. The lowest BCUT2D eigenvalue weighted by atomic mass is 10.1. The Labute approximate surface area is 196 Å². The molecule has 168 valence electrons. The summed E-state index contributed by atoms with van der Waals surface area (Å²) in [5.74, 6) is 0.992. The lowest BCUT2D eigenvalue weighted by molar-refractivity contribution is -0.123. The minimum atomic E-state index is -0.446. The van der Waals surface area contributed by atoms with Crippen LogP contribution in [0, 0.1) is 0 Å². The van der Waals surface area contributed by atoms with Crippen molar-refractivity contribution in [1.29, 1.82) is 0 Å². The van der Waals surface area contributed by atoms with Crippen LogP contribution in [0.4, 0.5) is 0 Å². The molecule has 1 saturated heterocycles. The number of nitrogens with zero attached hydrogens (tertiary/aromatic N) is 1. The largest absolute Gasteiger partial charge is 0.497 e. The van der Waals surface area contributed by atoms with Gasteiger partial charge in [-0.05, 0) is 73.6 Å². The number of amides is 2. The van der Waals surface area contributed by atoms with Crippen LogP contribution in [0.2, 0.25) is 0 Å². The zero-order chi connectivity index (χ0) is 23.3. The highest BCUT2D eigenvalue weighted by molar-refractivity contribution is 8.26. The van der Waals surface area contributed by atoms with Crippen molar-refractivity contribution in [3.05, 3.63) is 58.5 Å². The van der Waals surface area contributed by atoms with Gasteiger partial charge >= 0.3 is 0 Å². The fraction of sp³-hybridized carbons (Fsp3) is 0.261. The second kappa shape index (κ2) is 10.5. The van der Waals surface area contributed by atoms with E-state index >= 15 is 0 Å². The first-order valence-electron chi connectivity index (χ1n) is 9.94. The molecule has 0 bridgehead atoms. The molecule has 1 fully saturated rings. The third kappa shape index (κ3) is 5.41. The number of thioether (sulfide) groups is 1. The Morgan fingerprint density at radius 3 is 2.50 bits per heavy atom. The number of ether oxygens (including phenoxy) is 3. The van der Waals surface area contributed by atoms with E-state index in [1.165, 1.54) is 0 Å². The van der Waals surface area contributed by atoms with Gasteiger partial charge in [-0.2, -0.15) is 5.01 Å². The third-order valence-electron chi connectivity index (χ3n) is 4.75. The van der Waals surface area contributed by atoms with Gasteiger partial charge in [0.05, 0.1) is 25.2 Å². The molecule has 1 atom stereocenters. The minimum absolute atomic E-state index is 0.0558. The van der Waals surface area contributed by atoms with E-state index in [1.54, 1.807) is 50.6 Å². The van der Waals surface area contributed by atoms with Gasteiger partial charge in [-0.25, -0.2) is 0 Å². The van der Waals surface area contributed by atoms with Crippen molar-refractivity contribution in [2.75, 3.05) is 14.2 Å². The molecule has 0 spiro atoms. The smallest absolute Gasteiger partial charge is 0.285 e. The molecule has 1 aliphatic heterocycles. The normalized spacial score (nSPS) is 15.6. The minimum Gasteiger partial charge on any atom is -0.497 e. The Bertz CT molecular complexity index is 1050. The van der Waals surface area contributed by atoms with E-state index in [-0.39, 0.29) is 10.4 Å². The quantitative estimate of drug-likeness (QED) is 0.450. The highest BCUT2D eigenvalue weighted by Gasteiger charge is 2.33.